The molecule has 24 heavy (non-hydrogen) atoms. The third kappa shape index (κ3) is 5.76. The van der Waals surface area contributed by atoms with Crippen LogP contribution in [-0.4, -0.2) is 35.6 Å². The van der Waals surface area contributed by atoms with Crippen molar-refractivity contribution in [2.75, 3.05) is 13.2 Å². The first-order valence-corrected chi connectivity index (χ1v) is 8.47. The van der Waals surface area contributed by atoms with Crippen LogP contribution in [-0.2, 0) is 17.3 Å². The van der Waals surface area contributed by atoms with E-state index in [0.717, 1.165) is 31.4 Å². The van der Waals surface area contributed by atoms with Crippen LogP contribution in [0.4, 0.5) is 13.2 Å². The van der Waals surface area contributed by atoms with Gasteiger partial charge in [0.15, 0.2) is 0 Å². The minimum absolute atomic E-state index is 0.0698. The summed E-state index contributed by atoms with van der Waals surface area (Å²) in [5, 5.41) is 19.0. The van der Waals surface area contributed by atoms with Gasteiger partial charge in [-0.1, -0.05) is 24.6 Å². The molecule has 1 unspecified atom stereocenters. The van der Waals surface area contributed by atoms with Crippen LogP contribution < -0.4 is 0 Å². The number of alkyl halides is 3. The molecule has 2 rings (SSSR count). The molecule has 0 heterocycles. The van der Waals surface area contributed by atoms with Crippen LogP contribution in [0.5, 0.6) is 0 Å². The lowest BCUT2D eigenvalue weighted by atomic mass is 10.0. The molecule has 1 aromatic carbocycles. The summed E-state index contributed by atoms with van der Waals surface area (Å²) in [6, 6.07) is 5.20. The molecule has 3 atom stereocenters. The standard InChI is InChI=1S/C18H25F3O3/c19-18(20,21)15-5-1-3-13(11-15)7-8-16(23)12-24-17-6-2-4-14(17)9-10-22/h1,3,5,11,14,16-17,22-23H,2,4,6-10,12H2/t14-,16?,17+/m1/s1. The summed E-state index contributed by atoms with van der Waals surface area (Å²) in [4.78, 5) is 0. The lowest BCUT2D eigenvalue weighted by Gasteiger charge is -2.21. The van der Waals surface area contributed by atoms with Crippen LogP contribution in [0.3, 0.4) is 0 Å². The summed E-state index contributed by atoms with van der Waals surface area (Å²) in [6.45, 7) is 0.328. The van der Waals surface area contributed by atoms with E-state index >= 15 is 0 Å². The minimum atomic E-state index is -4.35. The van der Waals surface area contributed by atoms with E-state index in [-0.39, 0.29) is 19.3 Å². The van der Waals surface area contributed by atoms with Gasteiger partial charge in [-0.05, 0) is 49.7 Å². The van der Waals surface area contributed by atoms with Crippen LogP contribution in [0.15, 0.2) is 24.3 Å². The van der Waals surface area contributed by atoms with Gasteiger partial charge in [-0.2, -0.15) is 13.2 Å². The number of benzene rings is 1. The molecule has 0 aliphatic heterocycles. The van der Waals surface area contributed by atoms with Crippen LogP contribution in [0.25, 0.3) is 0 Å². The Hall–Kier alpha value is -1.11. The topological polar surface area (TPSA) is 49.7 Å². The molecule has 1 saturated carbocycles. The van der Waals surface area contributed by atoms with E-state index in [1.807, 2.05) is 0 Å². The van der Waals surface area contributed by atoms with E-state index in [1.54, 1.807) is 6.07 Å². The number of aryl methyl sites for hydroxylation is 1. The summed E-state index contributed by atoms with van der Waals surface area (Å²) in [5.74, 6) is 0.339. The Bertz CT molecular complexity index is 505. The van der Waals surface area contributed by atoms with Crippen molar-refractivity contribution in [3.63, 3.8) is 0 Å². The van der Waals surface area contributed by atoms with E-state index in [2.05, 4.69) is 0 Å². The van der Waals surface area contributed by atoms with E-state index in [4.69, 9.17) is 9.84 Å². The Morgan fingerprint density at radius 3 is 2.75 bits per heavy atom. The normalized spacial score (nSPS) is 22.7. The Kier molecular flexibility index (Phi) is 7.07. The number of halogens is 3. The van der Waals surface area contributed by atoms with Crippen molar-refractivity contribution >= 4 is 0 Å². The van der Waals surface area contributed by atoms with Crippen molar-refractivity contribution in [3.8, 4) is 0 Å². The number of aliphatic hydroxyl groups is 2. The maximum atomic E-state index is 12.7. The summed E-state index contributed by atoms with van der Waals surface area (Å²) in [5.41, 5.74) is -0.105. The van der Waals surface area contributed by atoms with Crippen molar-refractivity contribution in [2.24, 2.45) is 5.92 Å². The molecule has 6 heteroatoms. The highest BCUT2D eigenvalue weighted by molar-refractivity contribution is 5.25. The Morgan fingerprint density at radius 2 is 2.04 bits per heavy atom. The number of hydrogen-bond donors (Lipinski definition) is 2. The Balaban J connectivity index is 1.76. The smallest absolute Gasteiger partial charge is 0.396 e. The molecule has 0 saturated heterocycles. The summed E-state index contributed by atoms with van der Waals surface area (Å²) >= 11 is 0. The molecule has 3 nitrogen and oxygen atoms in total. The molecular formula is C18H25F3O3. The quantitative estimate of drug-likeness (QED) is 0.757. The van der Waals surface area contributed by atoms with Gasteiger partial charge in [0.2, 0.25) is 0 Å². The summed E-state index contributed by atoms with van der Waals surface area (Å²) in [6.07, 6.45) is -0.493. The fraction of sp³-hybridized carbons (Fsp3) is 0.667. The van der Waals surface area contributed by atoms with Gasteiger partial charge in [0.05, 0.1) is 24.4 Å². The van der Waals surface area contributed by atoms with Gasteiger partial charge in [-0.25, -0.2) is 0 Å². The second kappa shape index (κ2) is 8.83. The first-order valence-electron chi connectivity index (χ1n) is 8.47. The molecule has 1 aliphatic rings. The van der Waals surface area contributed by atoms with Crippen LogP contribution in [0, 0.1) is 5.92 Å². The van der Waals surface area contributed by atoms with Crippen molar-refractivity contribution in [2.45, 2.75) is 56.9 Å². The minimum Gasteiger partial charge on any atom is -0.396 e. The highest BCUT2D eigenvalue weighted by Gasteiger charge is 2.30. The number of rotatable bonds is 8. The molecule has 1 aromatic rings. The average Bonchev–Trinajstić information content (AvgIpc) is 2.98. The monoisotopic (exact) mass is 346 g/mol. The van der Waals surface area contributed by atoms with Gasteiger partial charge in [-0.15, -0.1) is 0 Å². The largest absolute Gasteiger partial charge is 0.416 e. The van der Waals surface area contributed by atoms with Gasteiger partial charge >= 0.3 is 6.18 Å². The van der Waals surface area contributed by atoms with Crippen molar-refractivity contribution < 1.29 is 28.1 Å². The van der Waals surface area contributed by atoms with Crippen molar-refractivity contribution in [1.29, 1.82) is 0 Å². The second-order valence-electron chi connectivity index (χ2n) is 6.47. The first-order chi connectivity index (χ1) is 11.4. The highest BCUT2D eigenvalue weighted by Crippen LogP contribution is 2.31. The maximum Gasteiger partial charge on any atom is 0.416 e. The molecule has 0 bridgehead atoms. The van der Waals surface area contributed by atoms with E-state index in [0.29, 0.717) is 30.7 Å². The predicted molar refractivity (Wildman–Crippen MR) is 84.6 cm³/mol. The number of aliphatic hydroxyl groups excluding tert-OH is 2. The number of hydrogen-bond acceptors (Lipinski definition) is 3. The maximum absolute atomic E-state index is 12.7. The fourth-order valence-corrected chi connectivity index (χ4v) is 3.27. The van der Waals surface area contributed by atoms with Crippen LogP contribution in [0.1, 0.15) is 43.2 Å². The first kappa shape index (κ1) is 19.2. The zero-order valence-corrected chi connectivity index (χ0v) is 13.6. The zero-order valence-electron chi connectivity index (χ0n) is 13.6. The SMILES string of the molecule is OCC[C@H]1CCC[C@@H]1OCC(O)CCc1cccc(C(F)(F)F)c1. The Morgan fingerprint density at radius 1 is 1.25 bits per heavy atom. The third-order valence-corrected chi connectivity index (χ3v) is 4.61. The molecule has 1 aliphatic carbocycles. The lowest BCUT2D eigenvalue weighted by molar-refractivity contribution is -0.137. The van der Waals surface area contributed by atoms with E-state index < -0.39 is 17.8 Å². The number of ether oxygens (including phenoxy) is 1. The molecule has 0 spiro atoms. The van der Waals surface area contributed by atoms with Crippen LogP contribution in [0.2, 0.25) is 0 Å². The molecule has 0 aromatic heterocycles. The van der Waals surface area contributed by atoms with Gasteiger partial charge in [0, 0.05) is 6.61 Å². The lowest BCUT2D eigenvalue weighted by Crippen LogP contribution is -2.25. The predicted octanol–water partition coefficient (Wildman–Crippen LogP) is 3.57. The van der Waals surface area contributed by atoms with E-state index in [9.17, 15) is 18.3 Å². The van der Waals surface area contributed by atoms with Gasteiger partial charge < -0.3 is 14.9 Å². The molecule has 0 radical (unpaired) electrons. The van der Waals surface area contributed by atoms with Gasteiger partial charge in [-0.3, -0.25) is 0 Å². The van der Waals surface area contributed by atoms with Crippen molar-refractivity contribution in [1.82, 2.24) is 0 Å². The Labute approximate surface area is 140 Å². The molecule has 136 valence electrons. The third-order valence-electron chi connectivity index (χ3n) is 4.61. The highest BCUT2D eigenvalue weighted by atomic mass is 19.4. The molecule has 2 N–H and O–H groups in total. The van der Waals surface area contributed by atoms with Gasteiger partial charge in [0.1, 0.15) is 0 Å². The zero-order chi connectivity index (χ0) is 17.6. The molecule has 1 fully saturated rings. The summed E-state index contributed by atoms with van der Waals surface area (Å²) in [7, 11) is 0. The van der Waals surface area contributed by atoms with Crippen LogP contribution >= 0.6 is 0 Å². The van der Waals surface area contributed by atoms with E-state index in [1.165, 1.54) is 6.07 Å². The second-order valence-corrected chi connectivity index (χ2v) is 6.47. The van der Waals surface area contributed by atoms with Gasteiger partial charge in [0.25, 0.3) is 0 Å². The average molecular weight is 346 g/mol. The fourth-order valence-electron chi connectivity index (χ4n) is 3.27. The molecule has 0 amide bonds. The summed E-state index contributed by atoms with van der Waals surface area (Å²) < 4.78 is 43.8. The van der Waals surface area contributed by atoms with Crippen molar-refractivity contribution in [3.05, 3.63) is 35.4 Å². The molecular weight excluding hydrogens is 321 g/mol.